The molecule has 1 aromatic rings. The molecule has 0 bridgehead atoms. The van der Waals surface area contributed by atoms with Crippen molar-refractivity contribution in [2.75, 3.05) is 25.4 Å². The lowest BCUT2D eigenvalue weighted by atomic mass is 9.96. The molecular weight excluding hydrogens is 242 g/mol. The van der Waals surface area contributed by atoms with Gasteiger partial charge < -0.3 is 10.6 Å². The highest BCUT2D eigenvalue weighted by Crippen LogP contribution is 2.20. The molecule has 1 heterocycles. The zero-order valence-corrected chi connectivity index (χ0v) is 11.5. The summed E-state index contributed by atoms with van der Waals surface area (Å²) in [5.74, 6) is 1.82. The van der Waals surface area contributed by atoms with Crippen molar-refractivity contribution >= 4 is 17.6 Å². The van der Waals surface area contributed by atoms with Crippen LogP contribution in [0.4, 0.5) is 0 Å². The molecule has 3 nitrogen and oxygen atoms in total. The molecule has 0 unspecified atom stereocenters. The predicted octanol–water partition coefficient (Wildman–Crippen LogP) is 2.43. The fraction of sp³-hybridized carbons (Fsp3) is 0.500. The highest BCUT2D eigenvalue weighted by molar-refractivity contribution is 7.99. The van der Waals surface area contributed by atoms with Gasteiger partial charge in [0.2, 0.25) is 0 Å². The van der Waals surface area contributed by atoms with Crippen LogP contribution in [0.1, 0.15) is 12.8 Å². The van der Waals surface area contributed by atoms with E-state index in [4.69, 9.17) is 11.1 Å². The van der Waals surface area contributed by atoms with Gasteiger partial charge in [-0.05, 0) is 38.1 Å². The molecule has 98 valence electrons. The maximum atomic E-state index is 7.46. The first kappa shape index (κ1) is 13.4. The van der Waals surface area contributed by atoms with Crippen molar-refractivity contribution in [2.24, 2.45) is 11.7 Å². The van der Waals surface area contributed by atoms with Crippen molar-refractivity contribution in [3.63, 3.8) is 0 Å². The molecule has 0 atom stereocenters. The summed E-state index contributed by atoms with van der Waals surface area (Å²) < 4.78 is 0. The van der Waals surface area contributed by atoms with Gasteiger partial charge in [0.05, 0.1) is 5.84 Å². The number of rotatable bonds is 5. The Kier molecular flexibility index (Phi) is 5.08. The Morgan fingerprint density at radius 1 is 1.28 bits per heavy atom. The van der Waals surface area contributed by atoms with Crippen LogP contribution in [-0.4, -0.2) is 36.1 Å². The maximum Gasteiger partial charge on any atom is 0.0937 e. The third-order valence-electron chi connectivity index (χ3n) is 3.45. The maximum absolute atomic E-state index is 7.46. The van der Waals surface area contributed by atoms with Gasteiger partial charge in [-0.3, -0.25) is 5.41 Å². The lowest BCUT2D eigenvalue weighted by molar-refractivity contribution is 0.220. The Bertz CT molecular complexity index is 372. The summed E-state index contributed by atoms with van der Waals surface area (Å²) >= 11 is 1.91. The monoisotopic (exact) mass is 263 g/mol. The van der Waals surface area contributed by atoms with Crippen LogP contribution >= 0.6 is 11.8 Å². The minimum Gasteiger partial charge on any atom is -0.387 e. The molecule has 0 radical (unpaired) electrons. The van der Waals surface area contributed by atoms with Crippen molar-refractivity contribution in [3.05, 3.63) is 30.3 Å². The Balaban J connectivity index is 1.65. The molecule has 1 aliphatic rings. The molecule has 4 heteroatoms. The van der Waals surface area contributed by atoms with E-state index in [9.17, 15) is 0 Å². The van der Waals surface area contributed by atoms with Crippen LogP contribution in [0, 0.1) is 11.3 Å². The molecule has 1 aliphatic heterocycles. The number of likely N-dealkylation sites (tertiary alicyclic amines) is 1. The van der Waals surface area contributed by atoms with Crippen molar-refractivity contribution in [3.8, 4) is 0 Å². The predicted molar refractivity (Wildman–Crippen MR) is 78.2 cm³/mol. The van der Waals surface area contributed by atoms with E-state index in [1.807, 2.05) is 11.8 Å². The summed E-state index contributed by atoms with van der Waals surface area (Å²) in [7, 11) is 0. The Labute approximate surface area is 113 Å². The molecule has 0 amide bonds. The van der Waals surface area contributed by atoms with Gasteiger partial charge in [0, 0.05) is 23.1 Å². The SMILES string of the molecule is N=C(N)C1CCN(CCSc2ccccc2)CC1. The standard InChI is InChI=1S/C14H21N3S/c15-14(16)12-6-8-17(9-7-12)10-11-18-13-4-2-1-3-5-13/h1-5,12H,6-11H2,(H3,15,16). The lowest BCUT2D eigenvalue weighted by Gasteiger charge is -2.31. The number of piperidine rings is 1. The van der Waals surface area contributed by atoms with E-state index >= 15 is 0 Å². The molecule has 18 heavy (non-hydrogen) atoms. The van der Waals surface area contributed by atoms with E-state index in [1.54, 1.807) is 0 Å². The van der Waals surface area contributed by atoms with Crippen LogP contribution in [-0.2, 0) is 0 Å². The number of thioether (sulfide) groups is 1. The minimum absolute atomic E-state index is 0.322. The van der Waals surface area contributed by atoms with Crippen LogP contribution in [0.2, 0.25) is 0 Å². The number of hydrogen-bond acceptors (Lipinski definition) is 3. The molecular formula is C14H21N3S. The zero-order valence-electron chi connectivity index (χ0n) is 10.6. The second-order valence-corrected chi connectivity index (χ2v) is 5.90. The van der Waals surface area contributed by atoms with Gasteiger partial charge in [0.1, 0.15) is 0 Å². The van der Waals surface area contributed by atoms with E-state index < -0.39 is 0 Å². The van der Waals surface area contributed by atoms with Crippen molar-refractivity contribution in [2.45, 2.75) is 17.7 Å². The van der Waals surface area contributed by atoms with Gasteiger partial charge in [0.15, 0.2) is 0 Å². The highest BCUT2D eigenvalue weighted by Gasteiger charge is 2.20. The quantitative estimate of drug-likeness (QED) is 0.487. The summed E-state index contributed by atoms with van der Waals surface area (Å²) in [5, 5.41) is 7.46. The minimum atomic E-state index is 0.322. The van der Waals surface area contributed by atoms with Crippen LogP contribution in [0.15, 0.2) is 35.2 Å². The molecule has 2 rings (SSSR count). The molecule has 1 fully saturated rings. The van der Waals surface area contributed by atoms with Gasteiger partial charge >= 0.3 is 0 Å². The van der Waals surface area contributed by atoms with E-state index in [2.05, 4.69) is 35.2 Å². The number of hydrogen-bond donors (Lipinski definition) is 2. The first-order valence-corrected chi connectivity index (χ1v) is 7.48. The zero-order chi connectivity index (χ0) is 12.8. The van der Waals surface area contributed by atoms with Crippen LogP contribution < -0.4 is 5.73 Å². The Morgan fingerprint density at radius 2 is 1.94 bits per heavy atom. The van der Waals surface area contributed by atoms with Gasteiger partial charge in [-0.15, -0.1) is 11.8 Å². The summed E-state index contributed by atoms with van der Waals surface area (Å²) in [5.41, 5.74) is 5.55. The van der Waals surface area contributed by atoms with E-state index in [1.165, 1.54) is 4.90 Å². The lowest BCUT2D eigenvalue weighted by Crippen LogP contribution is -2.39. The smallest absolute Gasteiger partial charge is 0.0937 e. The second kappa shape index (κ2) is 6.81. The van der Waals surface area contributed by atoms with Gasteiger partial charge in [0.25, 0.3) is 0 Å². The van der Waals surface area contributed by atoms with Crippen molar-refractivity contribution in [1.82, 2.24) is 4.90 Å². The average molecular weight is 263 g/mol. The summed E-state index contributed by atoms with van der Waals surface area (Å²) in [6, 6.07) is 10.5. The van der Waals surface area contributed by atoms with Crippen LogP contribution in [0.5, 0.6) is 0 Å². The molecule has 1 saturated heterocycles. The Morgan fingerprint density at radius 3 is 2.56 bits per heavy atom. The van der Waals surface area contributed by atoms with Crippen LogP contribution in [0.25, 0.3) is 0 Å². The third kappa shape index (κ3) is 4.03. The third-order valence-corrected chi connectivity index (χ3v) is 4.44. The number of amidine groups is 1. The van der Waals surface area contributed by atoms with E-state index in [0.717, 1.165) is 38.2 Å². The van der Waals surface area contributed by atoms with Crippen molar-refractivity contribution < 1.29 is 0 Å². The fourth-order valence-electron chi connectivity index (χ4n) is 2.28. The van der Waals surface area contributed by atoms with Gasteiger partial charge in [-0.2, -0.15) is 0 Å². The number of benzene rings is 1. The number of nitrogens with one attached hydrogen (secondary N) is 1. The van der Waals surface area contributed by atoms with Crippen molar-refractivity contribution in [1.29, 1.82) is 5.41 Å². The highest BCUT2D eigenvalue weighted by atomic mass is 32.2. The first-order chi connectivity index (χ1) is 8.75. The van der Waals surface area contributed by atoms with Gasteiger partial charge in [-0.25, -0.2) is 0 Å². The summed E-state index contributed by atoms with van der Waals surface area (Å²) in [4.78, 5) is 3.83. The molecule has 0 aliphatic carbocycles. The topological polar surface area (TPSA) is 53.1 Å². The summed E-state index contributed by atoms with van der Waals surface area (Å²) in [6.07, 6.45) is 2.09. The molecule has 0 spiro atoms. The number of nitrogens with two attached hydrogens (primary N) is 1. The normalized spacial score (nSPS) is 17.8. The van der Waals surface area contributed by atoms with Gasteiger partial charge in [-0.1, -0.05) is 18.2 Å². The summed E-state index contributed by atoms with van der Waals surface area (Å²) in [6.45, 7) is 3.30. The second-order valence-electron chi connectivity index (χ2n) is 4.73. The average Bonchev–Trinajstić information content (AvgIpc) is 2.40. The fourth-order valence-corrected chi connectivity index (χ4v) is 3.21. The van der Waals surface area contributed by atoms with E-state index in [0.29, 0.717) is 11.8 Å². The molecule has 3 N–H and O–H groups in total. The van der Waals surface area contributed by atoms with Crippen LogP contribution in [0.3, 0.4) is 0 Å². The molecule has 1 aromatic carbocycles. The first-order valence-electron chi connectivity index (χ1n) is 6.50. The molecule has 0 aromatic heterocycles. The van der Waals surface area contributed by atoms with E-state index in [-0.39, 0.29) is 0 Å². The molecule has 0 saturated carbocycles. The number of nitrogens with zero attached hydrogens (tertiary/aromatic N) is 1. The Hall–Kier alpha value is -1.00. The largest absolute Gasteiger partial charge is 0.387 e.